The molecular formula is C24H24N4OS. The Morgan fingerprint density at radius 3 is 2.50 bits per heavy atom. The van der Waals surface area contributed by atoms with Crippen molar-refractivity contribution >= 4 is 23.4 Å². The van der Waals surface area contributed by atoms with Crippen molar-refractivity contribution in [1.29, 1.82) is 5.26 Å². The number of amides is 1. The van der Waals surface area contributed by atoms with E-state index in [1.54, 1.807) is 36.7 Å². The Morgan fingerprint density at radius 1 is 1.13 bits per heavy atom. The second-order valence-corrected chi connectivity index (χ2v) is 7.94. The fraction of sp³-hybridized carbons (Fsp3) is 0.250. The van der Waals surface area contributed by atoms with E-state index < -0.39 is 0 Å². The van der Waals surface area contributed by atoms with Crippen LogP contribution in [0.4, 0.5) is 5.69 Å². The van der Waals surface area contributed by atoms with Crippen LogP contribution in [-0.4, -0.2) is 15.9 Å². The van der Waals surface area contributed by atoms with Crippen LogP contribution in [0.15, 0.2) is 71.0 Å². The lowest BCUT2D eigenvalue weighted by Crippen LogP contribution is -2.12. The zero-order valence-electron chi connectivity index (χ0n) is 17.1. The molecular weight excluding hydrogens is 392 g/mol. The van der Waals surface area contributed by atoms with E-state index in [0.717, 1.165) is 24.9 Å². The Bertz CT molecular complexity index is 1030. The van der Waals surface area contributed by atoms with Gasteiger partial charge in [-0.3, -0.25) is 4.79 Å². The first-order chi connectivity index (χ1) is 14.6. The maximum atomic E-state index is 12.7. The molecule has 5 nitrogen and oxygen atoms in total. The van der Waals surface area contributed by atoms with Gasteiger partial charge in [-0.15, -0.1) is 0 Å². The average Bonchev–Trinajstić information content (AvgIpc) is 2.79. The molecule has 1 heterocycles. The molecule has 0 saturated carbocycles. The van der Waals surface area contributed by atoms with Crippen LogP contribution in [0, 0.1) is 11.3 Å². The number of hydrogen-bond donors (Lipinski definition) is 1. The van der Waals surface area contributed by atoms with Crippen LogP contribution in [0.2, 0.25) is 0 Å². The molecule has 30 heavy (non-hydrogen) atoms. The van der Waals surface area contributed by atoms with Gasteiger partial charge in [-0.25, -0.2) is 9.97 Å². The zero-order chi connectivity index (χ0) is 21.3. The van der Waals surface area contributed by atoms with Crippen molar-refractivity contribution in [3.8, 4) is 6.07 Å². The lowest BCUT2D eigenvalue weighted by molar-refractivity contribution is 0.102. The van der Waals surface area contributed by atoms with Gasteiger partial charge in [0.1, 0.15) is 6.07 Å². The summed E-state index contributed by atoms with van der Waals surface area (Å²) in [4.78, 5) is 21.7. The summed E-state index contributed by atoms with van der Waals surface area (Å²) >= 11 is 1.30. The molecule has 3 rings (SSSR count). The van der Waals surface area contributed by atoms with Crippen LogP contribution in [-0.2, 0) is 0 Å². The molecule has 0 aliphatic carbocycles. The number of rotatable bonds is 8. The highest BCUT2D eigenvalue weighted by molar-refractivity contribution is 7.99. The Kier molecular flexibility index (Phi) is 7.58. The van der Waals surface area contributed by atoms with E-state index in [2.05, 4.69) is 47.3 Å². The molecule has 0 fully saturated rings. The minimum Gasteiger partial charge on any atom is -0.322 e. The number of aromatic nitrogens is 2. The van der Waals surface area contributed by atoms with Crippen LogP contribution in [0.25, 0.3) is 0 Å². The van der Waals surface area contributed by atoms with Gasteiger partial charge in [0, 0.05) is 28.5 Å². The number of anilines is 1. The summed E-state index contributed by atoms with van der Waals surface area (Å²) in [7, 11) is 0. The first-order valence-corrected chi connectivity index (χ1v) is 10.9. The number of nitrogens with zero attached hydrogens (tertiary/aromatic N) is 3. The zero-order valence-corrected chi connectivity index (χ0v) is 17.9. The van der Waals surface area contributed by atoms with Gasteiger partial charge >= 0.3 is 0 Å². The van der Waals surface area contributed by atoms with E-state index >= 15 is 0 Å². The Balaban J connectivity index is 1.71. The molecule has 6 heteroatoms. The third-order valence-electron chi connectivity index (χ3n) is 4.88. The maximum absolute atomic E-state index is 12.7. The van der Waals surface area contributed by atoms with Gasteiger partial charge in [-0.1, -0.05) is 32.4 Å². The van der Waals surface area contributed by atoms with E-state index in [1.165, 1.54) is 17.3 Å². The smallest absolute Gasteiger partial charge is 0.255 e. The molecule has 1 amide bonds. The highest BCUT2D eigenvalue weighted by atomic mass is 32.2. The average molecular weight is 417 g/mol. The first kappa shape index (κ1) is 21.5. The maximum Gasteiger partial charge on any atom is 0.255 e. The molecule has 1 unspecified atom stereocenters. The predicted octanol–water partition coefficient (Wildman–Crippen LogP) is 6.05. The van der Waals surface area contributed by atoms with E-state index in [0.29, 0.717) is 27.1 Å². The monoisotopic (exact) mass is 416 g/mol. The van der Waals surface area contributed by atoms with E-state index in [-0.39, 0.29) is 5.91 Å². The standard InChI is InChI=1S/C24H24N4OS/c1-3-6-17(4-2)18-7-10-21(11-8-18)28-23(29)19-9-12-22(20(15-19)16-25)30-24-26-13-5-14-27-24/h5,7-15,17H,3-4,6H2,1-2H3,(H,28,29). The molecule has 1 atom stereocenters. The summed E-state index contributed by atoms with van der Waals surface area (Å²) in [6.45, 7) is 4.40. The fourth-order valence-corrected chi connectivity index (χ4v) is 4.06. The highest BCUT2D eigenvalue weighted by Gasteiger charge is 2.13. The molecule has 3 aromatic rings. The molecule has 1 N–H and O–H groups in total. The van der Waals surface area contributed by atoms with E-state index in [1.807, 2.05) is 12.1 Å². The Morgan fingerprint density at radius 2 is 1.87 bits per heavy atom. The molecule has 1 aromatic heterocycles. The summed E-state index contributed by atoms with van der Waals surface area (Å²) in [5.41, 5.74) is 2.89. The van der Waals surface area contributed by atoms with Gasteiger partial charge in [0.15, 0.2) is 5.16 Å². The SMILES string of the molecule is CCCC(CC)c1ccc(NC(=O)c2ccc(Sc3ncccn3)c(C#N)c2)cc1. The lowest BCUT2D eigenvalue weighted by atomic mass is 9.92. The third-order valence-corrected chi connectivity index (χ3v) is 5.84. The number of nitriles is 1. The quantitative estimate of drug-likeness (QED) is 0.453. The van der Waals surface area contributed by atoms with Gasteiger partial charge in [-0.2, -0.15) is 5.26 Å². The van der Waals surface area contributed by atoms with Crippen LogP contribution >= 0.6 is 11.8 Å². The number of nitrogens with one attached hydrogen (secondary N) is 1. The second kappa shape index (κ2) is 10.6. The molecule has 0 bridgehead atoms. The van der Waals surface area contributed by atoms with Crippen molar-refractivity contribution < 1.29 is 4.79 Å². The van der Waals surface area contributed by atoms with Gasteiger partial charge in [-0.05, 0) is 72.5 Å². The number of hydrogen-bond acceptors (Lipinski definition) is 5. The van der Waals surface area contributed by atoms with E-state index in [9.17, 15) is 10.1 Å². The van der Waals surface area contributed by atoms with Crippen molar-refractivity contribution in [2.24, 2.45) is 0 Å². The second-order valence-electron chi connectivity index (χ2n) is 6.93. The van der Waals surface area contributed by atoms with E-state index in [4.69, 9.17) is 0 Å². The Hall–Kier alpha value is -3.17. The molecule has 152 valence electrons. The molecule has 0 spiro atoms. The normalized spacial score (nSPS) is 11.5. The van der Waals surface area contributed by atoms with Crippen molar-refractivity contribution in [2.45, 2.75) is 49.1 Å². The molecule has 0 radical (unpaired) electrons. The van der Waals surface area contributed by atoms with Gasteiger partial charge < -0.3 is 5.32 Å². The summed E-state index contributed by atoms with van der Waals surface area (Å²) in [6.07, 6.45) is 6.73. The van der Waals surface area contributed by atoms with Gasteiger partial charge in [0.2, 0.25) is 0 Å². The number of carbonyl (C=O) groups excluding carboxylic acids is 1. The summed E-state index contributed by atoms with van der Waals surface area (Å²) in [5, 5.41) is 13.0. The topological polar surface area (TPSA) is 78.7 Å². The van der Waals surface area contributed by atoms with Gasteiger partial charge in [0.05, 0.1) is 5.56 Å². The largest absolute Gasteiger partial charge is 0.322 e. The summed E-state index contributed by atoms with van der Waals surface area (Å²) in [6, 6.07) is 17.0. The summed E-state index contributed by atoms with van der Waals surface area (Å²) in [5.74, 6) is 0.309. The van der Waals surface area contributed by atoms with Gasteiger partial charge in [0.25, 0.3) is 5.91 Å². The third kappa shape index (κ3) is 5.46. The number of carbonyl (C=O) groups is 1. The molecule has 2 aromatic carbocycles. The Labute approximate surface area is 181 Å². The predicted molar refractivity (Wildman–Crippen MR) is 120 cm³/mol. The number of benzene rings is 2. The molecule has 0 aliphatic heterocycles. The lowest BCUT2D eigenvalue weighted by Gasteiger charge is -2.15. The minimum atomic E-state index is -0.243. The van der Waals surface area contributed by atoms with Crippen LogP contribution in [0.3, 0.4) is 0 Å². The van der Waals surface area contributed by atoms with Crippen LogP contribution in [0.1, 0.15) is 60.5 Å². The minimum absolute atomic E-state index is 0.243. The molecule has 0 aliphatic rings. The van der Waals surface area contributed by atoms with Crippen molar-refractivity contribution in [3.05, 3.63) is 77.6 Å². The van der Waals surface area contributed by atoms with Crippen molar-refractivity contribution in [1.82, 2.24) is 9.97 Å². The first-order valence-electron chi connectivity index (χ1n) is 10.0. The summed E-state index contributed by atoms with van der Waals surface area (Å²) < 4.78 is 0. The highest BCUT2D eigenvalue weighted by Crippen LogP contribution is 2.29. The van der Waals surface area contributed by atoms with Crippen LogP contribution in [0.5, 0.6) is 0 Å². The van der Waals surface area contributed by atoms with Crippen molar-refractivity contribution in [2.75, 3.05) is 5.32 Å². The molecule has 0 saturated heterocycles. The van der Waals surface area contributed by atoms with Crippen LogP contribution < -0.4 is 5.32 Å². The van der Waals surface area contributed by atoms with Crippen molar-refractivity contribution in [3.63, 3.8) is 0 Å². The fourth-order valence-electron chi connectivity index (χ4n) is 3.28.